The Balaban J connectivity index is 1.81. The van der Waals surface area contributed by atoms with Crippen LogP contribution in [0.4, 0.5) is 0 Å². The third-order valence-electron chi connectivity index (χ3n) is 7.95. The van der Waals surface area contributed by atoms with Crippen LogP contribution in [-0.2, 0) is 16.0 Å². The van der Waals surface area contributed by atoms with E-state index in [2.05, 4.69) is 0 Å². The van der Waals surface area contributed by atoms with E-state index in [1.165, 1.54) is 6.07 Å². The number of ketones is 2. The van der Waals surface area contributed by atoms with Gasteiger partial charge >= 0.3 is 0 Å². The van der Waals surface area contributed by atoms with Gasteiger partial charge in [-0.1, -0.05) is 29.4 Å². The summed E-state index contributed by atoms with van der Waals surface area (Å²) >= 11 is 0. The zero-order chi connectivity index (χ0) is 24.8. The molecule has 6 nitrogen and oxygen atoms in total. The van der Waals surface area contributed by atoms with Gasteiger partial charge in [0.05, 0.1) is 5.60 Å². The van der Waals surface area contributed by atoms with Crippen LogP contribution in [0.3, 0.4) is 0 Å². The number of phenolic OH excluding ortho intramolecular Hbond substituents is 2. The molecule has 5 aliphatic rings. The van der Waals surface area contributed by atoms with Gasteiger partial charge in [0.15, 0.2) is 22.8 Å². The highest BCUT2D eigenvalue weighted by Gasteiger charge is 2.81. The van der Waals surface area contributed by atoms with Crippen LogP contribution in [0.2, 0.25) is 0 Å². The number of carbonyl (C=O) groups excluding carboxylic acids is 2. The summed E-state index contributed by atoms with van der Waals surface area (Å²) in [4.78, 5) is 27.9. The highest BCUT2D eigenvalue weighted by atomic mass is 16.6. The van der Waals surface area contributed by atoms with Crippen LogP contribution in [0.25, 0.3) is 0 Å². The second-order valence-electron chi connectivity index (χ2n) is 11.1. The fourth-order valence-corrected chi connectivity index (χ4v) is 6.48. The molecule has 4 bridgehead atoms. The minimum atomic E-state index is -1.35. The van der Waals surface area contributed by atoms with Crippen molar-refractivity contribution in [3.05, 3.63) is 52.1 Å². The smallest absolute Gasteiger partial charge is 0.200 e. The molecule has 2 fully saturated rings. The lowest BCUT2D eigenvalue weighted by molar-refractivity contribution is -0.171. The molecule has 0 amide bonds. The lowest BCUT2D eigenvalue weighted by Crippen LogP contribution is -2.72. The Morgan fingerprint density at radius 3 is 2.41 bits per heavy atom. The van der Waals surface area contributed by atoms with Crippen molar-refractivity contribution in [1.29, 1.82) is 0 Å². The van der Waals surface area contributed by atoms with Crippen molar-refractivity contribution in [3.8, 4) is 17.2 Å². The predicted molar refractivity (Wildman–Crippen MR) is 127 cm³/mol. The molecule has 2 heterocycles. The van der Waals surface area contributed by atoms with Crippen LogP contribution < -0.4 is 4.74 Å². The second kappa shape index (κ2) is 7.08. The Morgan fingerprint density at radius 2 is 1.76 bits per heavy atom. The third kappa shape index (κ3) is 2.72. The summed E-state index contributed by atoms with van der Waals surface area (Å²) in [5.41, 5.74) is -0.450. The van der Waals surface area contributed by atoms with Gasteiger partial charge in [-0.15, -0.1) is 0 Å². The molecule has 1 spiro atoms. The fraction of sp³-hybridized carbons (Fsp3) is 0.500. The van der Waals surface area contributed by atoms with Crippen molar-refractivity contribution in [2.45, 2.75) is 77.6 Å². The molecule has 1 aromatic rings. The number of Topliss-reactive ketones (excluding diaryl/α,β-unsaturated/α-hetero) is 2. The normalized spacial score (nSPS) is 31.9. The highest BCUT2D eigenvalue weighted by molar-refractivity contribution is 6.18. The average Bonchev–Trinajstić information content (AvgIpc) is 2.89. The van der Waals surface area contributed by atoms with Gasteiger partial charge in [-0.2, -0.15) is 0 Å². The van der Waals surface area contributed by atoms with Crippen molar-refractivity contribution in [1.82, 2.24) is 0 Å². The van der Waals surface area contributed by atoms with Crippen molar-refractivity contribution in [3.63, 3.8) is 0 Å². The van der Waals surface area contributed by atoms with E-state index >= 15 is 0 Å². The quantitative estimate of drug-likeness (QED) is 0.611. The van der Waals surface area contributed by atoms with Gasteiger partial charge in [-0.3, -0.25) is 9.59 Å². The van der Waals surface area contributed by atoms with Gasteiger partial charge in [0.25, 0.3) is 0 Å². The zero-order valence-corrected chi connectivity index (χ0v) is 20.6. The largest absolute Gasteiger partial charge is 0.507 e. The van der Waals surface area contributed by atoms with Gasteiger partial charge < -0.3 is 19.7 Å². The first-order valence-corrected chi connectivity index (χ1v) is 11.9. The molecule has 2 N–H and O–H groups in total. The summed E-state index contributed by atoms with van der Waals surface area (Å²) in [6, 6.07) is 1.20. The number of benzene rings is 1. The number of carbonyl (C=O) groups is 2. The Labute approximate surface area is 200 Å². The molecule has 6 heteroatoms. The summed E-state index contributed by atoms with van der Waals surface area (Å²) in [6.45, 7) is 11.7. The maximum absolute atomic E-state index is 14.0. The van der Waals surface area contributed by atoms with Crippen LogP contribution >= 0.6 is 0 Å². The Kier molecular flexibility index (Phi) is 4.77. The Morgan fingerprint density at radius 1 is 1.09 bits per heavy atom. The van der Waals surface area contributed by atoms with E-state index in [-0.39, 0.29) is 40.3 Å². The number of hydrogen-bond donors (Lipinski definition) is 2. The summed E-state index contributed by atoms with van der Waals surface area (Å²) in [5.74, 6) is -1.43. The Bertz CT molecular complexity index is 1220. The maximum atomic E-state index is 14.0. The van der Waals surface area contributed by atoms with Crippen LogP contribution in [-0.4, -0.2) is 38.6 Å². The number of rotatable bonds is 4. The average molecular weight is 465 g/mol. The molecule has 1 saturated heterocycles. The van der Waals surface area contributed by atoms with Crippen molar-refractivity contribution >= 4 is 11.6 Å². The Hall–Kier alpha value is -2.86. The minimum absolute atomic E-state index is 0.0430. The van der Waals surface area contributed by atoms with E-state index in [4.69, 9.17) is 9.47 Å². The van der Waals surface area contributed by atoms with Gasteiger partial charge in [0, 0.05) is 35.5 Å². The van der Waals surface area contributed by atoms with E-state index in [0.717, 1.165) is 11.1 Å². The maximum Gasteiger partial charge on any atom is 0.200 e. The standard InChI is InChI=1S/C28H32O6/c1-14(2)7-8-17-19(29)13-20(30)22-23(31)18-11-16-12-21-26(5,6)34-27(25(16)32,10-9-15(3)4)28(18,21)33-24(17)22/h7,9,11,13,16,21,29-30H,8,10,12H2,1-6H3/t16?,21?,27-,28+/m0/s1. The van der Waals surface area contributed by atoms with Crippen LogP contribution in [0.5, 0.6) is 17.2 Å². The SMILES string of the molecule is CC(C)=CCc1c(O)cc(O)c2c1O[C@]13C(=CC4CC1C(C)(C)O[C@@]3(CC=C(C)C)C4=O)C2=O. The summed E-state index contributed by atoms with van der Waals surface area (Å²) in [6.07, 6.45) is 6.78. The molecule has 3 aliphatic carbocycles. The van der Waals surface area contributed by atoms with Gasteiger partial charge in [-0.25, -0.2) is 0 Å². The minimum Gasteiger partial charge on any atom is -0.507 e. The van der Waals surface area contributed by atoms with Crippen molar-refractivity contribution in [2.24, 2.45) is 11.8 Å². The molecular formula is C28H32O6. The summed E-state index contributed by atoms with van der Waals surface area (Å²) < 4.78 is 13.5. The number of aromatic hydroxyl groups is 2. The van der Waals surface area contributed by atoms with E-state index in [9.17, 15) is 19.8 Å². The monoisotopic (exact) mass is 464 g/mol. The molecule has 0 aromatic heterocycles. The number of allylic oxidation sites excluding steroid dienone is 4. The number of ether oxygens (including phenoxy) is 2. The fourth-order valence-electron chi connectivity index (χ4n) is 6.48. The number of hydrogen-bond acceptors (Lipinski definition) is 6. The molecule has 1 saturated carbocycles. The van der Waals surface area contributed by atoms with E-state index in [1.807, 2.05) is 53.7 Å². The molecule has 2 unspecified atom stereocenters. The number of phenols is 2. The van der Waals surface area contributed by atoms with E-state index < -0.39 is 22.7 Å². The molecule has 0 radical (unpaired) electrons. The number of fused-ring (bicyclic) bond motifs is 1. The third-order valence-corrected chi connectivity index (χ3v) is 7.95. The summed E-state index contributed by atoms with van der Waals surface area (Å²) in [7, 11) is 0. The lowest BCUT2D eigenvalue weighted by Gasteiger charge is -2.56. The molecule has 4 atom stereocenters. The molecule has 6 rings (SSSR count). The van der Waals surface area contributed by atoms with Crippen molar-refractivity contribution < 1.29 is 29.3 Å². The molecule has 1 aromatic carbocycles. The predicted octanol–water partition coefficient (Wildman–Crippen LogP) is 4.97. The first kappa shape index (κ1) is 22.9. The van der Waals surface area contributed by atoms with Crippen LogP contribution in [0.15, 0.2) is 41.0 Å². The van der Waals surface area contributed by atoms with Gasteiger partial charge in [-0.05, 0) is 54.4 Å². The van der Waals surface area contributed by atoms with Gasteiger partial charge in [0.2, 0.25) is 0 Å². The molecule has 180 valence electrons. The van der Waals surface area contributed by atoms with Crippen LogP contribution in [0.1, 0.15) is 70.3 Å². The first-order chi connectivity index (χ1) is 15.9. The molecular weight excluding hydrogens is 432 g/mol. The lowest BCUT2D eigenvalue weighted by atomic mass is 9.51. The second-order valence-corrected chi connectivity index (χ2v) is 11.1. The summed E-state index contributed by atoms with van der Waals surface area (Å²) in [5, 5.41) is 21.4. The topological polar surface area (TPSA) is 93.1 Å². The zero-order valence-electron chi connectivity index (χ0n) is 20.6. The first-order valence-electron chi connectivity index (χ1n) is 11.9. The van der Waals surface area contributed by atoms with E-state index in [0.29, 0.717) is 30.4 Å². The highest BCUT2D eigenvalue weighted by Crippen LogP contribution is 2.68. The van der Waals surface area contributed by atoms with Gasteiger partial charge in [0.1, 0.15) is 22.8 Å². The molecule has 2 aliphatic heterocycles. The molecule has 34 heavy (non-hydrogen) atoms. The van der Waals surface area contributed by atoms with Crippen molar-refractivity contribution in [2.75, 3.05) is 0 Å². The van der Waals surface area contributed by atoms with E-state index in [1.54, 1.807) is 6.08 Å². The van der Waals surface area contributed by atoms with Crippen LogP contribution in [0, 0.1) is 11.8 Å².